The molecule has 0 bridgehead atoms. The largest absolute Gasteiger partial charge is 0.302 e. The summed E-state index contributed by atoms with van der Waals surface area (Å²) in [5.41, 5.74) is -0.330. The van der Waals surface area contributed by atoms with Crippen LogP contribution in [-0.4, -0.2) is 59.3 Å². The molecule has 3 rings (SSSR count). The van der Waals surface area contributed by atoms with Crippen LogP contribution in [0.1, 0.15) is 32.1 Å². The molecule has 0 aromatic carbocycles. The number of carbonyl (C=O) groups is 2. The fraction of sp³-hybridized carbons (Fsp3) is 0.857. The minimum Gasteiger partial charge on any atom is -0.302 e. The van der Waals surface area contributed by atoms with Gasteiger partial charge in [-0.1, -0.05) is 6.42 Å². The maximum atomic E-state index is 12.5. The smallest absolute Gasteiger partial charge is 0.236 e. The van der Waals surface area contributed by atoms with Crippen LogP contribution in [0.5, 0.6) is 0 Å². The van der Waals surface area contributed by atoms with Gasteiger partial charge < -0.3 is 4.90 Å². The molecule has 0 aromatic rings. The highest BCUT2D eigenvalue weighted by Gasteiger charge is 2.52. The molecule has 2 amide bonds. The van der Waals surface area contributed by atoms with Crippen molar-refractivity contribution in [3.05, 3.63) is 0 Å². The van der Waals surface area contributed by atoms with Crippen molar-refractivity contribution >= 4 is 23.6 Å². The van der Waals surface area contributed by atoms with Crippen LogP contribution in [0.2, 0.25) is 0 Å². The number of imide groups is 1. The van der Waals surface area contributed by atoms with Gasteiger partial charge in [-0.25, -0.2) is 0 Å². The SMILES string of the molecule is O=C1C[C@]2(CCSC2)C(=O)N1CCN1CCCCC1. The molecule has 0 N–H and O–H groups in total. The van der Waals surface area contributed by atoms with E-state index in [1.165, 1.54) is 19.3 Å². The van der Waals surface area contributed by atoms with Gasteiger partial charge in [-0.15, -0.1) is 0 Å². The molecule has 106 valence electrons. The van der Waals surface area contributed by atoms with E-state index in [4.69, 9.17) is 0 Å². The Morgan fingerprint density at radius 2 is 1.89 bits per heavy atom. The summed E-state index contributed by atoms with van der Waals surface area (Å²) in [5.74, 6) is 2.04. The second kappa shape index (κ2) is 5.44. The number of likely N-dealkylation sites (tertiary alicyclic amines) is 2. The van der Waals surface area contributed by atoms with Gasteiger partial charge in [0.15, 0.2) is 0 Å². The summed E-state index contributed by atoms with van der Waals surface area (Å²) >= 11 is 1.81. The van der Waals surface area contributed by atoms with Gasteiger partial charge in [-0.3, -0.25) is 14.5 Å². The average Bonchev–Trinajstić information content (AvgIpc) is 2.97. The zero-order valence-corrected chi connectivity index (χ0v) is 12.2. The van der Waals surface area contributed by atoms with Gasteiger partial charge in [0.2, 0.25) is 11.8 Å². The Hall–Kier alpha value is -0.550. The van der Waals surface area contributed by atoms with Crippen LogP contribution in [0.3, 0.4) is 0 Å². The van der Waals surface area contributed by atoms with Crippen molar-refractivity contribution in [2.75, 3.05) is 37.7 Å². The zero-order valence-electron chi connectivity index (χ0n) is 11.4. The van der Waals surface area contributed by atoms with Crippen molar-refractivity contribution in [2.24, 2.45) is 5.41 Å². The van der Waals surface area contributed by atoms with Crippen LogP contribution >= 0.6 is 11.8 Å². The van der Waals surface area contributed by atoms with Crippen molar-refractivity contribution in [2.45, 2.75) is 32.1 Å². The molecule has 0 aromatic heterocycles. The first-order chi connectivity index (χ1) is 9.21. The summed E-state index contributed by atoms with van der Waals surface area (Å²) in [6, 6.07) is 0. The Bertz CT molecular complexity index is 374. The van der Waals surface area contributed by atoms with Gasteiger partial charge in [0.25, 0.3) is 0 Å². The van der Waals surface area contributed by atoms with Gasteiger partial charge >= 0.3 is 0 Å². The third-order valence-electron chi connectivity index (χ3n) is 4.68. The first kappa shape index (κ1) is 13.4. The van der Waals surface area contributed by atoms with E-state index in [1.54, 1.807) is 4.90 Å². The van der Waals surface area contributed by atoms with E-state index in [1.807, 2.05) is 11.8 Å². The van der Waals surface area contributed by atoms with Crippen molar-refractivity contribution < 1.29 is 9.59 Å². The fourth-order valence-corrected chi connectivity index (χ4v) is 4.87. The van der Waals surface area contributed by atoms with E-state index in [-0.39, 0.29) is 17.2 Å². The van der Waals surface area contributed by atoms with E-state index >= 15 is 0 Å². The lowest BCUT2D eigenvalue weighted by atomic mass is 9.86. The molecule has 3 aliphatic heterocycles. The number of rotatable bonds is 3. The molecular weight excluding hydrogens is 260 g/mol. The Labute approximate surface area is 118 Å². The molecular formula is C14H22N2O2S. The van der Waals surface area contributed by atoms with Crippen molar-refractivity contribution in [1.29, 1.82) is 0 Å². The number of hydrogen-bond acceptors (Lipinski definition) is 4. The van der Waals surface area contributed by atoms with Gasteiger partial charge in [0.1, 0.15) is 0 Å². The number of carbonyl (C=O) groups excluding carboxylic acids is 2. The Kier molecular flexibility index (Phi) is 3.85. The van der Waals surface area contributed by atoms with Gasteiger partial charge in [0.05, 0.1) is 5.41 Å². The van der Waals surface area contributed by atoms with Crippen molar-refractivity contribution in [1.82, 2.24) is 9.80 Å². The van der Waals surface area contributed by atoms with Gasteiger partial charge in [-0.2, -0.15) is 11.8 Å². The molecule has 3 fully saturated rings. The van der Waals surface area contributed by atoms with Crippen LogP contribution in [-0.2, 0) is 9.59 Å². The average molecular weight is 282 g/mol. The summed E-state index contributed by atoms with van der Waals surface area (Å²) in [7, 11) is 0. The highest BCUT2D eigenvalue weighted by atomic mass is 32.2. The maximum absolute atomic E-state index is 12.5. The topological polar surface area (TPSA) is 40.6 Å². The van der Waals surface area contributed by atoms with Crippen molar-refractivity contribution in [3.63, 3.8) is 0 Å². The lowest BCUT2D eigenvalue weighted by Gasteiger charge is -2.28. The van der Waals surface area contributed by atoms with Crippen LogP contribution in [0.25, 0.3) is 0 Å². The summed E-state index contributed by atoms with van der Waals surface area (Å²) < 4.78 is 0. The van der Waals surface area contributed by atoms with E-state index in [9.17, 15) is 9.59 Å². The third-order valence-corrected chi connectivity index (χ3v) is 5.93. The molecule has 0 unspecified atom stereocenters. The van der Waals surface area contributed by atoms with E-state index in [0.717, 1.165) is 37.6 Å². The summed E-state index contributed by atoms with van der Waals surface area (Å²) in [4.78, 5) is 28.5. The molecule has 19 heavy (non-hydrogen) atoms. The van der Waals surface area contributed by atoms with Crippen LogP contribution in [0, 0.1) is 5.41 Å². The Morgan fingerprint density at radius 1 is 1.11 bits per heavy atom. The Morgan fingerprint density at radius 3 is 2.58 bits per heavy atom. The molecule has 0 radical (unpaired) electrons. The first-order valence-corrected chi connectivity index (χ1v) is 8.52. The predicted molar refractivity (Wildman–Crippen MR) is 76.0 cm³/mol. The van der Waals surface area contributed by atoms with E-state index < -0.39 is 0 Å². The normalized spacial score (nSPS) is 32.7. The van der Waals surface area contributed by atoms with E-state index in [2.05, 4.69) is 4.90 Å². The fourth-order valence-electron chi connectivity index (χ4n) is 3.43. The molecule has 3 heterocycles. The third kappa shape index (κ3) is 2.55. The quantitative estimate of drug-likeness (QED) is 0.733. The molecule has 4 nitrogen and oxygen atoms in total. The molecule has 1 atom stereocenters. The zero-order chi connectivity index (χ0) is 13.3. The number of nitrogens with zero attached hydrogens (tertiary/aromatic N) is 2. The predicted octanol–water partition coefficient (Wildman–Crippen LogP) is 1.35. The molecule has 0 saturated carbocycles. The second-order valence-corrected chi connectivity index (χ2v) is 7.12. The highest BCUT2D eigenvalue weighted by molar-refractivity contribution is 7.99. The molecule has 0 aliphatic carbocycles. The summed E-state index contributed by atoms with van der Waals surface area (Å²) in [6.45, 7) is 3.71. The lowest BCUT2D eigenvalue weighted by Crippen LogP contribution is -2.42. The van der Waals surface area contributed by atoms with Gasteiger partial charge in [0, 0.05) is 25.3 Å². The minimum absolute atomic E-state index is 0.0597. The number of thioether (sulfide) groups is 1. The molecule has 3 aliphatic rings. The summed E-state index contributed by atoms with van der Waals surface area (Å²) in [6.07, 6.45) is 5.17. The van der Waals surface area contributed by atoms with Crippen LogP contribution in [0.15, 0.2) is 0 Å². The molecule has 3 saturated heterocycles. The van der Waals surface area contributed by atoms with Gasteiger partial charge in [-0.05, 0) is 38.1 Å². The monoisotopic (exact) mass is 282 g/mol. The van der Waals surface area contributed by atoms with Crippen LogP contribution < -0.4 is 0 Å². The molecule has 1 spiro atoms. The minimum atomic E-state index is -0.330. The van der Waals surface area contributed by atoms with Crippen molar-refractivity contribution in [3.8, 4) is 0 Å². The highest BCUT2D eigenvalue weighted by Crippen LogP contribution is 2.44. The lowest BCUT2D eigenvalue weighted by molar-refractivity contribution is -0.141. The number of amides is 2. The number of piperidine rings is 1. The Balaban J connectivity index is 1.58. The first-order valence-electron chi connectivity index (χ1n) is 7.36. The van der Waals surface area contributed by atoms with E-state index in [0.29, 0.717) is 13.0 Å². The summed E-state index contributed by atoms with van der Waals surface area (Å²) in [5, 5.41) is 0. The standard InChI is InChI=1S/C14H22N2O2S/c17-12-10-14(4-9-19-11-14)13(18)16(12)8-7-15-5-2-1-3-6-15/h1-11H2/t14-/m0/s1. The maximum Gasteiger partial charge on any atom is 0.236 e. The second-order valence-electron chi connectivity index (χ2n) is 6.01. The number of hydrogen-bond donors (Lipinski definition) is 0. The molecule has 5 heteroatoms. The van der Waals surface area contributed by atoms with Crippen LogP contribution in [0.4, 0.5) is 0 Å².